The zero-order valence-electron chi connectivity index (χ0n) is 6.82. The van der Waals surface area contributed by atoms with E-state index < -0.39 is 0 Å². The zero-order chi connectivity index (χ0) is 8.81. The fourth-order valence-corrected chi connectivity index (χ4v) is 0.752. The lowest BCUT2D eigenvalue weighted by Crippen LogP contribution is -2.05. The predicted molar refractivity (Wildman–Crippen MR) is 44.1 cm³/mol. The Bertz CT molecular complexity index is 248. The van der Waals surface area contributed by atoms with Crippen molar-refractivity contribution < 1.29 is 14.3 Å². The summed E-state index contributed by atoms with van der Waals surface area (Å²) in [5.41, 5.74) is 0.491. The maximum atomic E-state index is 11.1. The Morgan fingerprint density at radius 3 is 3.17 bits per heavy atom. The lowest BCUT2D eigenvalue weighted by Gasteiger charge is -1.99. The van der Waals surface area contributed by atoms with E-state index in [-0.39, 0.29) is 5.97 Å². The number of rotatable bonds is 2. The number of esters is 1. The van der Waals surface area contributed by atoms with Crippen LogP contribution in [0.1, 0.15) is 6.92 Å². The summed E-state index contributed by atoms with van der Waals surface area (Å²) >= 11 is 0. The van der Waals surface area contributed by atoms with Crippen LogP contribution in [0.3, 0.4) is 0 Å². The standard InChI is InChI=1S/C9H10O3/c1-2-12-9(10)8-4-3-6-11-7-5-8/h3-7H,2H2,1H3. The summed E-state index contributed by atoms with van der Waals surface area (Å²) in [7, 11) is 0. The molecule has 1 rings (SSSR count). The third-order valence-corrected chi connectivity index (χ3v) is 1.27. The second-order valence-corrected chi connectivity index (χ2v) is 2.11. The van der Waals surface area contributed by atoms with Crippen molar-refractivity contribution in [2.45, 2.75) is 6.92 Å². The van der Waals surface area contributed by atoms with Gasteiger partial charge < -0.3 is 9.47 Å². The topological polar surface area (TPSA) is 35.5 Å². The van der Waals surface area contributed by atoms with Gasteiger partial charge in [-0.3, -0.25) is 0 Å². The summed E-state index contributed by atoms with van der Waals surface area (Å²) in [4.78, 5) is 11.1. The van der Waals surface area contributed by atoms with Gasteiger partial charge in [-0.05, 0) is 25.2 Å². The third-order valence-electron chi connectivity index (χ3n) is 1.27. The first-order valence-electron chi connectivity index (χ1n) is 3.70. The highest BCUT2D eigenvalue weighted by atomic mass is 16.5. The van der Waals surface area contributed by atoms with Crippen molar-refractivity contribution in [1.82, 2.24) is 0 Å². The molecule has 0 bridgehead atoms. The minimum atomic E-state index is -0.330. The molecule has 0 aromatic heterocycles. The van der Waals surface area contributed by atoms with Gasteiger partial charge in [0.15, 0.2) is 0 Å². The minimum Gasteiger partial charge on any atom is -0.473 e. The van der Waals surface area contributed by atoms with Gasteiger partial charge in [0, 0.05) is 0 Å². The number of carbonyl (C=O) groups excluding carboxylic acids is 1. The fourth-order valence-electron chi connectivity index (χ4n) is 0.752. The number of carbonyl (C=O) groups is 1. The van der Waals surface area contributed by atoms with Gasteiger partial charge in [0.2, 0.25) is 0 Å². The Morgan fingerprint density at radius 2 is 2.42 bits per heavy atom. The van der Waals surface area contributed by atoms with Crippen LogP contribution in [0.15, 0.2) is 36.3 Å². The van der Waals surface area contributed by atoms with E-state index in [2.05, 4.69) is 0 Å². The summed E-state index contributed by atoms with van der Waals surface area (Å²) in [5, 5.41) is 0. The van der Waals surface area contributed by atoms with Crippen LogP contribution >= 0.6 is 0 Å². The Kier molecular flexibility index (Phi) is 3.14. The Hall–Kier alpha value is -1.51. The summed E-state index contributed by atoms with van der Waals surface area (Å²) in [6.45, 7) is 2.15. The molecule has 3 heteroatoms. The first-order chi connectivity index (χ1) is 5.84. The molecule has 1 heterocycles. The van der Waals surface area contributed by atoms with Gasteiger partial charge in [-0.25, -0.2) is 4.79 Å². The molecular weight excluding hydrogens is 156 g/mol. The van der Waals surface area contributed by atoms with E-state index in [0.717, 1.165) is 0 Å². The van der Waals surface area contributed by atoms with Crippen molar-refractivity contribution in [2.24, 2.45) is 0 Å². The van der Waals surface area contributed by atoms with Gasteiger partial charge in [-0.1, -0.05) is 0 Å². The number of hydrogen-bond acceptors (Lipinski definition) is 3. The molecule has 0 atom stereocenters. The molecule has 1 aliphatic rings. The number of allylic oxidation sites excluding steroid dienone is 2. The molecule has 0 N–H and O–H groups in total. The van der Waals surface area contributed by atoms with E-state index in [9.17, 15) is 4.79 Å². The summed E-state index contributed by atoms with van der Waals surface area (Å²) in [6.07, 6.45) is 7.78. The minimum absolute atomic E-state index is 0.330. The molecule has 0 unspecified atom stereocenters. The van der Waals surface area contributed by atoms with Gasteiger partial charge >= 0.3 is 5.97 Å². The van der Waals surface area contributed by atoms with Gasteiger partial charge in [-0.15, -0.1) is 0 Å². The monoisotopic (exact) mass is 166 g/mol. The largest absolute Gasteiger partial charge is 0.473 e. The fraction of sp³-hybridized carbons (Fsp3) is 0.222. The molecule has 12 heavy (non-hydrogen) atoms. The molecule has 0 radical (unpaired) electrons. The maximum absolute atomic E-state index is 11.1. The molecule has 0 fully saturated rings. The Balaban J connectivity index is 2.66. The quantitative estimate of drug-likeness (QED) is 0.583. The summed E-state index contributed by atoms with van der Waals surface area (Å²) in [6, 6.07) is 0. The second-order valence-electron chi connectivity index (χ2n) is 2.11. The molecule has 0 saturated carbocycles. The summed E-state index contributed by atoms with van der Waals surface area (Å²) < 4.78 is 9.62. The van der Waals surface area contributed by atoms with Crippen molar-refractivity contribution in [1.29, 1.82) is 0 Å². The molecule has 0 amide bonds. The lowest BCUT2D eigenvalue weighted by atomic mass is 10.2. The first kappa shape index (κ1) is 8.59. The van der Waals surface area contributed by atoms with Crippen molar-refractivity contribution in [3.05, 3.63) is 36.3 Å². The molecule has 1 aliphatic heterocycles. The van der Waals surface area contributed by atoms with Crippen LogP contribution < -0.4 is 0 Å². The van der Waals surface area contributed by atoms with Gasteiger partial charge in [0.05, 0.1) is 24.7 Å². The normalized spacial score (nSPS) is 14.6. The average molecular weight is 166 g/mol. The van der Waals surface area contributed by atoms with E-state index in [0.29, 0.717) is 12.2 Å². The number of hydrogen-bond donors (Lipinski definition) is 0. The van der Waals surface area contributed by atoms with E-state index in [1.54, 1.807) is 25.2 Å². The SMILES string of the molecule is CCOC(=O)C1=CC=COC=C1. The van der Waals surface area contributed by atoms with Crippen molar-refractivity contribution >= 4 is 5.97 Å². The zero-order valence-corrected chi connectivity index (χ0v) is 6.82. The van der Waals surface area contributed by atoms with E-state index in [1.165, 1.54) is 12.5 Å². The van der Waals surface area contributed by atoms with Crippen LogP contribution in [0.2, 0.25) is 0 Å². The van der Waals surface area contributed by atoms with Crippen molar-refractivity contribution in [3.63, 3.8) is 0 Å². The van der Waals surface area contributed by atoms with Crippen LogP contribution in [-0.2, 0) is 14.3 Å². The van der Waals surface area contributed by atoms with Crippen LogP contribution in [0.25, 0.3) is 0 Å². The van der Waals surface area contributed by atoms with E-state index >= 15 is 0 Å². The van der Waals surface area contributed by atoms with E-state index in [4.69, 9.17) is 9.47 Å². The van der Waals surface area contributed by atoms with Gasteiger partial charge in [-0.2, -0.15) is 0 Å². The van der Waals surface area contributed by atoms with E-state index in [1.807, 2.05) is 0 Å². The molecule has 0 aromatic carbocycles. The first-order valence-corrected chi connectivity index (χ1v) is 3.70. The highest BCUT2D eigenvalue weighted by molar-refractivity contribution is 5.91. The molecule has 0 spiro atoms. The lowest BCUT2D eigenvalue weighted by molar-refractivity contribution is -0.138. The Morgan fingerprint density at radius 1 is 1.58 bits per heavy atom. The third kappa shape index (κ3) is 2.27. The molecule has 0 saturated heterocycles. The summed E-state index contributed by atoms with van der Waals surface area (Å²) in [5.74, 6) is -0.330. The highest BCUT2D eigenvalue weighted by Crippen LogP contribution is 2.04. The molecular formula is C9H10O3. The van der Waals surface area contributed by atoms with Crippen LogP contribution in [-0.4, -0.2) is 12.6 Å². The van der Waals surface area contributed by atoms with Gasteiger partial charge in [0.1, 0.15) is 0 Å². The molecule has 0 aromatic rings. The van der Waals surface area contributed by atoms with Crippen LogP contribution in [0.5, 0.6) is 0 Å². The predicted octanol–water partition coefficient (Wildman–Crippen LogP) is 1.53. The Labute approximate surface area is 71.0 Å². The van der Waals surface area contributed by atoms with Crippen molar-refractivity contribution in [3.8, 4) is 0 Å². The maximum Gasteiger partial charge on any atom is 0.338 e. The van der Waals surface area contributed by atoms with Gasteiger partial charge in [0.25, 0.3) is 0 Å². The van der Waals surface area contributed by atoms with Crippen LogP contribution in [0, 0.1) is 0 Å². The second kappa shape index (κ2) is 4.38. The van der Waals surface area contributed by atoms with Crippen LogP contribution in [0.4, 0.5) is 0 Å². The highest BCUT2D eigenvalue weighted by Gasteiger charge is 2.06. The van der Waals surface area contributed by atoms with Crippen molar-refractivity contribution in [2.75, 3.05) is 6.61 Å². The molecule has 3 nitrogen and oxygen atoms in total. The molecule has 0 aliphatic carbocycles. The average Bonchev–Trinajstić information content (AvgIpc) is 2.32. The number of ether oxygens (including phenoxy) is 2. The smallest absolute Gasteiger partial charge is 0.338 e. The molecule has 64 valence electrons.